The number of furan rings is 1. The third kappa shape index (κ3) is 5.57. The van der Waals surface area contributed by atoms with Gasteiger partial charge in [0.25, 0.3) is 0 Å². The highest BCUT2D eigenvalue weighted by Crippen LogP contribution is 2.32. The summed E-state index contributed by atoms with van der Waals surface area (Å²) in [4.78, 5) is 13.6. The molecule has 1 aromatic heterocycles. The van der Waals surface area contributed by atoms with Crippen molar-refractivity contribution in [1.82, 2.24) is 5.32 Å². The standard InChI is InChI=1S/C32H35NO2/c1-31(2,3)24-16-12-22(13-17-24)29(33-21-26-9-8-20-35-26)27-10-7-11-28(27)30(34)23-14-18-25(19-15-23)32(4,5)6/h7-20,33H,21H2,1-6H3. The fourth-order valence-corrected chi connectivity index (χ4v) is 4.19. The summed E-state index contributed by atoms with van der Waals surface area (Å²) < 4.78 is 5.54. The SMILES string of the molecule is CC(C)(C)c1ccc(C(=O)C2=CC=CC2=C(NCc2ccco2)c2ccc(C(C)(C)C)cc2)cc1. The maximum atomic E-state index is 13.6. The highest BCUT2D eigenvalue weighted by molar-refractivity contribution is 6.14. The first-order valence-electron chi connectivity index (χ1n) is 12.2. The molecule has 0 amide bonds. The van der Waals surface area contributed by atoms with Gasteiger partial charge in [0, 0.05) is 22.4 Å². The van der Waals surface area contributed by atoms with Crippen LogP contribution in [0.5, 0.6) is 0 Å². The Labute approximate surface area is 209 Å². The van der Waals surface area contributed by atoms with Crippen molar-refractivity contribution in [2.24, 2.45) is 0 Å². The van der Waals surface area contributed by atoms with Crippen LogP contribution in [-0.4, -0.2) is 5.78 Å². The largest absolute Gasteiger partial charge is 0.467 e. The summed E-state index contributed by atoms with van der Waals surface area (Å²) in [6, 6.07) is 20.4. The number of carbonyl (C=O) groups excluding carboxylic acids is 1. The lowest BCUT2D eigenvalue weighted by atomic mass is 9.85. The molecule has 0 fully saturated rings. The lowest BCUT2D eigenvalue weighted by molar-refractivity contribution is 0.103. The Morgan fingerprint density at radius 1 is 0.800 bits per heavy atom. The van der Waals surface area contributed by atoms with E-state index in [1.54, 1.807) is 6.26 Å². The molecule has 0 atom stereocenters. The molecule has 3 heteroatoms. The predicted octanol–water partition coefficient (Wildman–Crippen LogP) is 7.75. The smallest absolute Gasteiger partial charge is 0.193 e. The van der Waals surface area contributed by atoms with E-state index in [1.807, 2.05) is 42.5 Å². The monoisotopic (exact) mass is 465 g/mol. The number of Topliss-reactive ketones (excluding diaryl/α,β-unsaturated/α-hetero) is 1. The highest BCUT2D eigenvalue weighted by atomic mass is 16.3. The van der Waals surface area contributed by atoms with Gasteiger partial charge in [-0.1, -0.05) is 108 Å². The fraction of sp³-hybridized carbons (Fsp3) is 0.281. The van der Waals surface area contributed by atoms with Gasteiger partial charge in [-0.25, -0.2) is 0 Å². The lowest BCUT2D eigenvalue weighted by Gasteiger charge is -2.21. The zero-order chi connectivity index (χ0) is 25.2. The van der Waals surface area contributed by atoms with Gasteiger partial charge in [0.2, 0.25) is 0 Å². The summed E-state index contributed by atoms with van der Waals surface area (Å²) >= 11 is 0. The Morgan fingerprint density at radius 3 is 1.89 bits per heavy atom. The van der Waals surface area contributed by atoms with Crippen LogP contribution in [0.4, 0.5) is 0 Å². The lowest BCUT2D eigenvalue weighted by Crippen LogP contribution is -2.16. The molecule has 0 spiro atoms. The zero-order valence-electron chi connectivity index (χ0n) is 21.6. The Balaban J connectivity index is 1.71. The molecule has 3 aromatic rings. The van der Waals surface area contributed by atoms with Crippen molar-refractivity contribution in [3.8, 4) is 0 Å². The second-order valence-corrected chi connectivity index (χ2v) is 11.1. The molecule has 1 N–H and O–H groups in total. The van der Waals surface area contributed by atoms with E-state index in [9.17, 15) is 4.79 Å². The molecule has 0 bridgehead atoms. The van der Waals surface area contributed by atoms with E-state index in [4.69, 9.17) is 4.42 Å². The third-order valence-electron chi connectivity index (χ3n) is 6.40. The first-order chi connectivity index (χ1) is 16.5. The van der Waals surface area contributed by atoms with E-state index in [-0.39, 0.29) is 16.6 Å². The van der Waals surface area contributed by atoms with E-state index in [0.29, 0.717) is 17.7 Å². The van der Waals surface area contributed by atoms with Crippen molar-refractivity contribution < 1.29 is 9.21 Å². The number of benzene rings is 2. The van der Waals surface area contributed by atoms with Crippen molar-refractivity contribution >= 4 is 11.5 Å². The van der Waals surface area contributed by atoms with Crippen molar-refractivity contribution in [2.75, 3.05) is 0 Å². The van der Waals surface area contributed by atoms with Crippen LogP contribution in [0.2, 0.25) is 0 Å². The average Bonchev–Trinajstić information content (AvgIpc) is 3.51. The van der Waals surface area contributed by atoms with Crippen molar-refractivity contribution in [3.63, 3.8) is 0 Å². The Kier molecular flexibility index (Phi) is 6.71. The molecule has 2 aromatic carbocycles. The van der Waals surface area contributed by atoms with Crippen LogP contribution in [0.1, 0.15) is 74.4 Å². The van der Waals surface area contributed by atoms with Crippen LogP contribution < -0.4 is 5.32 Å². The van der Waals surface area contributed by atoms with Crippen LogP contribution in [-0.2, 0) is 17.4 Å². The molecule has 1 aliphatic carbocycles. The minimum Gasteiger partial charge on any atom is -0.467 e. The van der Waals surface area contributed by atoms with Crippen LogP contribution in [0.15, 0.2) is 101 Å². The van der Waals surface area contributed by atoms with Crippen LogP contribution in [0, 0.1) is 0 Å². The number of hydrogen-bond acceptors (Lipinski definition) is 3. The van der Waals surface area contributed by atoms with Crippen LogP contribution in [0.25, 0.3) is 5.70 Å². The molecule has 0 saturated heterocycles. The van der Waals surface area contributed by atoms with Gasteiger partial charge < -0.3 is 9.73 Å². The van der Waals surface area contributed by atoms with E-state index in [0.717, 1.165) is 22.6 Å². The first kappa shape index (κ1) is 24.5. The molecular formula is C32H35NO2. The van der Waals surface area contributed by atoms with Crippen LogP contribution >= 0.6 is 0 Å². The number of rotatable bonds is 6. The van der Waals surface area contributed by atoms with E-state index < -0.39 is 0 Å². The number of nitrogens with one attached hydrogen (secondary N) is 1. The number of allylic oxidation sites excluding steroid dienone is 5. The molecule has 0 unspecified atom stereocenters. The molecule has 0 aliphatic heterocycles. The molecular weight excluding hydrogens is 430 g/mol. The third-order valence-corrected chi connectivity index (χ3v) is 6.40. The maximum Gasteiger partial charge on any atom is 0.193 e. The van der Waals surface area contributed by atoms with E-state index in [2.05, 4.69) is 83.3 Å². The summed E-state index contributed by atoms with van der Waals surface area (Å²) in [6.45, 7) is 13.7. The average molecular weight is 466 g/mol. The van der Waals surface area contributed by atoms with Gasteiger partial charge in [-0.2, -0.15) is 0 Å². The molecule has 1 aliphatic rings. The van der Waals surface area contributed by atoms with Gasteiger partial charge in [0.1, 0.15) is 5.76 Å². The van der Waals surface area contributed by atoms with E-state index in [1.165, 1.54) is 11.1 Å². The minimum absolute atomic E-state index is 0.0223. The van der Waals surface area contributed by atoms with Crippen LogP contribution in [0.3, 0.4) is 0 Å². The second kappa shape index (κ2) is 9.58. The molecule has 35 heavy (non-hydrogen) atoms. The molecule has 4 rings (SSSR count). The quantitative estimate of drug-likeness (QED) is 0.378. The van der Waals surface area contributed by atoms with Gasteiger partial charge in [-0.3, -0.25) is 4.79 Å². The molecule has 180 valence electrons. The van der Waals surface area contributed by atoms with Gasteiger partial charge in [-0.05, 0) is 39.7 Å². The van der Waals surface area contributed by atoms with Crippen molar-refractivity contribution in [2.45, 2.75) is 58.9 Å². The summed E-state index contributed by atoms with van der Waals surface area (Å²) in [5.74, 6) is 0.861. The fourth-order valence-electron chi connectivity index (χ4n) is 4.19. The molecule has 0 radical (unpaired) electrons. The number of hydrogen-bond donors (Lipinski definition) is 1. The topological polar surface area (TPSA) is 42.2 Å². The summed E-state index contributed by atoms with van der Waals surface area (Å²) in [5.41, 5.74) is 6.82. The van der Waals surface area contributed by atoms with Crippen molar-refractivity contribution in [3.05, 3.63) is 124 Å². The maximum absolute atomic E-state index is 13.6. The summed E-state index contributed by atoms with van der Waals surface area (Å²) in [5, 5.41) is 3.55. The Morgan fingerprint density at radius 2 is 1.37 bits per heavy atom. The minimum atomic E-state index is 0.0223. The Bertz CT molecular complexity index is 1270. The van der Waals surface area contributed by atoms with Gasteiger partial charge in [0.05, 0.1) is 12.8 Å². The van der Waals surface area contributed by atoms with Crippen molar-refractivity contribution in [1.29, 1.82) is 0 Å². The molecule has 3 nitrogen and oxygen atoms in total. The summed E-state index contributed by atoms with van der Waals surface area (Å²) in [7, 11) is 0. The summed E-state index contributed by atoms with van der Waals surface area (Å²) in [6.07, 6.45) is 7.55. The number of carbonyl (C=O) groups is 1. The Hall–Kier alpha value is -3.59. The number of ketones is 1. The van der Waals surface area contributed by atoms with Gasteiger partial charge >= 0.3 is 0 Å². The normalized spacial score (nSPS) is 15.2. The van der Waals surface area contributed by atoms with Gasteiger partial charge in [0.15, 0.2) is 5.78 Å². The van der Waals surface area contributed by atoms with Gasteiger partial charge in [-0.15, -0.1) is 0 Å². The molecule has 1 heterocycles. The zero-order valence-corrected chi connectivity index (χ0v) is 21.6. The second-order valence-electron chi connectivity index (χ2n) is 11.1. The highest BCUT2D eigenvalue weighted by Gasteiger charge is 2.23. The predicted molar refractivity (Wildman–Crippen MR) is 144 cm³/mol. The van der Waals surface area contributed by atoms with E-state index >= 15 is 0 Å². The molecule has 0 saturated carbocycles. The first-order valence-corrected chi connectivity index (χ1v) is 12.2.